The molecule has 1 aliphatic heterocycles. The van der Waals surface area contributed by atoms with Crippen LogP contribution in [0.1, 0.15) is 37.1 Å². The molecule has 0 fully saturated rings. The molecule has 2 aromatic heterocycles. The van der Waals surface area contributed by atoms with Gasteiger partial charge in [-0.1, -0.05) is 30.3 Å². The Morgan fingerprint density at radius 1 is 1.09 bits per heavy atom. The van der Waals surface area contributed by atoms with Crippen LogP contribution in [0.2, 0.25) is 0 Å². The highest BCUT2D eigenvalue weighted by Gasteiger charge is 2.23. The summed E-state index contributed by atoms with van der Waals surface area (Å²) in [5, 5.41) is 13.2. The van der Waals surface area contributed by atoms with Gasteiger partial charge in [-0.25, -0.2) is 0 Å². The molecule has 0 saturated heterocycles. The van der Waals surface area contributed by atoms with E-state index in [1.807, 2.05) is 16.9 Å². The highest BCUT2D eigenvalue weighted by molar-refractivity contribution is 5.49. The molecule has 118 valence electrons. The van der Waals surface area contributed by atoms with Crippen LogP contribution in [0.3, 0.4) is 0 Å². The first-order valence-electron chi connectivity index (χ1n) is 8.36. The highest BCUT2D eigenvalue weighted by Crippen LogP contribution is 2.30. The summed E-state index contributed by atoms with van der Waals surface area (Å²) in [6.07, 6.45) is 5.08. The molecule has 5 nitrogen and oxygen atoms in total. The maximum atomic E-state index is 4.45. The third kappa shape index (κ3) is 2.56. The van der Waals surface area contributed by atoms with Gasteiger partial charge in [-0.05, 0) is 37.3 Å². The molecule has 1 aliphatic rings. The van der Waals surface area contributed by atoms with Crippen molar-refractivity contribution in [2.24, 2.45) is 0 Å². The number of fused-ring (bicyclic) bond motifs is 1. The van der Waals surface area contributed by atoms with Crippen LogP contribution in [0.15, 0.2) is 42.6 Å². The van der Waals surface area contributed by atoms with Crippen LogP contribution in [-0.2, 0) is 19.5 Å². The monoisotopic (exact) mass is 307 g/mol. The lowest BCUT2D eigenvalue weighted by Crippen LogP contribution is -2.07. The predicted molar refractivity (Wildman–Crippen MR) is 89.0 cm³/mol. The van der Waals surface area contributed by atoms with E-state index in [2.05, 4.69) is 57.1 Å². The molecule has 3 heterocycles. The molecule has 0 amide bonds. The molecule has 0 aliphatic carbocycles. The average Bonchev–Trinajstić information content (AvgIpc) is 3.17. The summed E-state index contributed by atoms with van der Waals surface area (Å²) in [6.45, 7) is 3.91. The number of hydrogen-bond acceptors (Lipinski definition) is 3. The molecule has 0 spiro atoms. The highest BCUT2D eigenvalue weighted by atomic mass is 15.3. The van der Waals surface area contributed by atoms with Gasteiger partial charge in [-0.2, -0.15) is 5.10 Å². The molecular weight excluding hydrogens is 286 g/mol. The summed E-state index contributed by atoms with van der Waals surface area (Å²) in [7, 11) is 0. The van der Waals surface area contributed by atoms with Gasteiger partial charge >= 0.3 is 0 Å². The van der Waals surface area contributed by atoms with E-state index in [1.54, 1.807) is 0 Å². The van der Waals surface area contributed by atoms with Gasteiger partial charge in [0.25, 0.3) is 0 Å². The molecule has 1 unspecified atom stereocenters. The van der Waals surface area contributed by atoms with Gasteiger partial charge in [0.1, 0.15) is 11.5 Å². The molecular formula is C18H21N5. The topological polar surface area (TPSA) is 48.5 Å². The Bertz CT molecular complexity index is 787. The second-order valence-electron chi connectivity index (χ2n) is 6.06. The zero-order valence-corrected chi connectivity index (χ0v) is 13.4. The Hall–Kier alpha value is -2.43. The third-order valence-electron chi connectivity index (χ3n) is 4.76. The summed E-state index contributed by atoms with van der Waals surface area (Å²) in [5.74, 6) is 2.65. The normalized spacial score (nSPS) is 17.7. The Balaban J connectivity index is 1.63. The van der Waals surface area contributed by atoms with Crippen molar-refractivity contribution in [1.82, 2.24) is 24.5 Å². The van der Waals surface area contributed by atoms with Crippen molar-refractivity contribution >= 4 is 0 Å². The molecule has 0 saturated carbocycles. The molecule has 0 N–H and O–H groups in total. The van der Waals surface area contributed by atoms with E-state index in [0.29, 0.717) is 5.92 Å². The number of nitrogens with zero attached hydrogens (tertiary/aromatic N) is 5. The summed E-state index contributed by atoms with van der Waals surface area (Å²) < 4.78 is 4.27. The Morgan fingerprint density at radius 2 is 1.96 bits per heavy atom. The van der Waals surface area contributed by atoms with Crippen LogP contribution in [0.25, 0.3) is 11.5 Å². The smallest absolute Gasteiger partial charge is 0.182 e. The van der Waals surface area contributed by atoms with Crippen molar-refractivity contribution in [1.29, 1.82) is 0 Å². The first-order valence-corrected chi connectivity index (χ1v) is 8.36. The molecule has 3 aromatic rings. The number of hydrogen-bond donors (Lipinski definition) is 0. The van der Waals surface area contributed by atoms with Gasteiger partial charge in [0.05, 0.1) is 0 Å². The Morgan fingerprint density at radius 3 is 2.78 bits per heavy atom. The fraction of sp³-hybridized carbons (Fsp3) is 0.389. The molecule has 0 bridgehead atoms. The maximum Gasteiger partial charge on any atom is 0.182 e. The fourth-order valence-corrected chi connectivity index (χ4v) is 3.51. The number of aromatic nitrogens is 5. The van der Waals surface area contributed by atoms with E-state index in [0.717, 1.165) is 49.7 Å². The summed E-state index contributed by atoms with van der Waals surface area (Å²) in [5.41, 5.74) is 2.50. The first kappa shape index (κ1) is 14.2. The zero-order chi connectivity index (χ0) is 15.6. The molecule has 5 heteroatoms. The Labute approximate surface area is 136 Å². The largest absolute Gasteiger partial charge is 0.310 e. The molecule has 1 atom stereocenters. The predicted octanol–water partition coefficient (Wildman–Crippen LogP) is 3.28. The lowest BCUT2D eigenvalue weighted by molar-refractivity contribution is 0.559. The molecule has 0 radical (unpaired) electrons. The quantitative estimate of drug-likeness (QED) is 0.746. The lowest BCUT2D eigenvalue weighted by Gasteiger charge is -2.14. The SMILES string of the molecule is CCn1nccc1-c1nnc2n1CCC(c1ccccc1)CC2. The number of benzene rings is 1. The molecule has 23 heavy (non-hydrogen) atoms. The van der Waals surface area contributed by atoms with Crippen molar-refractivity contribution in [3.8, 4) is 11.5 Å². The van der Waals surface area contributed by atoms with Gasteiger partial charge in [-0.15, -0.1) is 10.2 Å². The minimum Gasteiger partial charge on any atom is -0.310 e. The van der Waals surface area contributed by atoms with Crippen LogP contribution in [-0.4, -0.2) is 24.5 Å². The Kier molecular flexibility index (Phi) is 3.69. The second-order valence-corrected chi connectivity index (χ2v) is 6.06. The van der Waals surface area contributed by atoms with Crippen LogP contribution < -0.4 is 0 Å². The summed E-state index contributed by atoms with van der Waals surface area (Å²) in [6, 6.07) is 12.9. The van der Waals surface area contributed by atoms with Gasteiger partial charge in [-0.3, -0.25) is 4.68 Å². The fourth-order valence-electron chi connectivity index (χ4n) is 3.51. The van der Waals surface area contributed by atoms with Gasteiger partial charge < -0.3 is 4.57 Å². The van der Waals surface area contributed by atoms with E-state index >= 15 is 0 Å². The first-order chi connectivity index (χ1) is 11.4. The molecule has 4 rings (SSSR count). The lowest BCUT2D eigenvalue weighted by atomic mass is 9.92. The standard InChI is InChI=1S/C18H21N5/c1-2-23-16(10-12-19-23)18-21-20-17-9-8-15(11-13-22(17)18)14-6-4-3-5-7-14/h3-7,10,12,15H,2,8-9,11,13H2,1H3. The number of rotatable bonds is 3. The summed E-state index contributed by atoms with van der Waals surface area (Å²) >= 11 is 0. The van der Waals surface area contributed by atoms with Crippen molar-refractivity contribution in [3.05, 3.63) is 54.0 Å². The molecule has 1 aromatic carbocycles. The van der Waals surface area contributed by atoms with Crippen molar-refractivity contribution in [2.45, 2.75) is 45.2 Å². The van der Waals surface area contributed by atoms with Gasteiger partial charge in [0.15, 0.2) is 5.82 Å². The van der Waals surface area contributed by atoms with E-state index in [4.69, 9.17) is 0 Å². The van der Waals surface area contributed by atoms with Crippen LogP contribution >= 0.6 is 0 Å². The van der Waals surface area contributed by atoms with Crippen LogP contribution in [0.4, 0.5) is 0 Å². The minimum atomic E-state index is 0.599. The second kappa shape index (κ2) is 5.99. The van der Waals surface area contributed by atoms with Crippen molar-refractivity contribution in [3.63, 3.8) is 0 Å². The maximum absolute atomic E-state index is 4.45. The van der Waals surface area contributed by atoms with Crippen LogP contribution in [0, 0.1) is 0 Å². The summed E-state index contributed by atoms with van der Waals surface area (Å²) in [4.78, 5) is 0. The van der Waals surface area contributed by atoms with E-state index in [-0.39, 0.29) is 0 Å². The van der Waals surface area contributed by atoms with E-state index in [9.17, 15) is 0 Å². The van der Waals surface area contributed by atoms with E-state index < -0.39 is 0 Å². The van der Waals surface area contributed by atoms with Crippen molar-refractivity contribution < 1.29 is 0 Å². The van der Waals surface area contributed by atoms with Crippen molar-refractivity contribution in [2.75, 3.05) is 0 Å². The van der Waals surface area contributed by atoms with Gasteiger partial charge in [0.2, 0.25) is 0 Å². The third-order valence-corrected chi connectivity index (χ3v) is 4.76. The van der Waals surface area contributed by atoms with Gasteiger partial charge in [0, 0.05) is 25.7 Å². The minimum absolute atomic E-state index is 0.599. The van der Waals surface area contributed by atoms with Crippen LogP contribution in [0.5, 0.6) is 0 Å². The zero-order valence-electron chi connectivity index (χ0n) is 13.4. The number of aryl methyl sites for hydroxylation is 2. The average molecular weight is 307 g/mol. The van der Waals surface area contributed by atoms with E-state index in [1.165, 1.54) is 5.56 Å².